The first-order valence-electron chi connectivity index (χ1n) is 9.89. The maximum atomic E-state index is 13.6. The Kier molecular flexibility index (Phi) is 5.97. The summed E-state index contributed by atoms with van der Waals surface area (Å²) >= 11 is 1.78. The molecule has 4 rings (SSSR count). The summed E-state index contributed by atoms with van der Waals surface area (Å²) < 4.78 is 11.0. The van der Waals surface area contributed by atoms with Crippen molar-refractivity contribution in [1.29, 1.82) is 0 Å². The number of fused-ring (bicyclic) bond motifs is 1. The largest absolute Gasteiger partial charge is 0.496 e. The maximum Gasteiger partial charge on any atom is 0.254 e. The van der Waals surface area contributed by atoms with Crippen molar-refractivity contribution in [2.75, 3.05) is 20.3 Å². The lowest BCUT2D eigenvalue weighted by atomic mass is 9.92. The molecule has 29 heavy (non-hydrogen) atoms. The third kappa shape index (κ3) is 3.93. The number of nitrogens with zero attached hydrogens (tertiary/aromatic N) is 1. The van der Waals surface area contributed by atoms with Gasteiger partial charge in [-0.1, -0.05) is 30.3 Å². The molecule has 0 N–H and O–H groups in total. The average molecular weight is 408 g/mol. The van der Waals surface area contributed by atoms with E-state index in [-0.39, 0.29) is 11.9 Å². The van der Waals surface area contributed by atoms with Crippen molar-refractivity contribution in [3.8, 4) is 5.75 Å². The molecule has 150 valence electrons. The van der Waals surface area contributed by atoms with Gasteiger partial charge in [-0.05, 0) is 54.1 Å². The van der Waals surface area contributed by atoms with Crippen molar-refractivity contribution in [3.05, 3.63) is 87.1 Å². The maximum absolute atomic E-state index is 13.6. The van der Waals surface area contributed by atoms with Crippen molar-refractivity contribution < 1.29 is 14.3 Å². The van der Waals surface area contributed by atoms with E-state index in [0.717, 1.165) is 23.3 Å². The quantitative estimate of drug-likeness (QED) is 0.572. The number of ether oxygens (including phenoxy) is 2. The minimum Gasteiger partial charge on any atom is -0.496 e. The van der Waals surface area contributed by atoms with E-state index in [9.17, 15) is 4.79 Å². The van der Waals surface area contributed by atoms with Crippen LogP contribution in [0, 0.1) is 0 Å². The van der Waals surface area contributed by atoms with Crippen LogP contribution in [0.15, 0.2) is 60.0 Å². The minimum atomic E-state index is -0.0591. The van der Waals surface area contributed by atoms with Crippen molar-refractivity contribution in [2.45, 2.75) is 26.0 Å². The Morgan fingerprint density at radius 2 is 2.00 bits per heavy atom. The zero-order valence-electron chi connectivity index (χ0n) is 16.8. The monoisotopic (exact) mass is 407 g/mol. The third-order valence-electron chi connectivity index (χ3n) is 5.33. The number of benzene rings is 2. The van der Waals surface area contributed by atoms with Crippen molar-refractivity contribution in [2.24, 2.45) is 0 Å². The molecule has 0 fully saturated rings. The lowest BCUT2D eigenvalue weighted by Crippen LogP contribution is -2.40. The smallest absolute Gasteiger partial charge is 0.254 e. The summed E-state index contributed by atoms with van der Waals surface area (Å²) in [6.07, 6.45) is 0.893. The summed E-state index contributed by atoms with van der Waals surface area (Å²) in [6, 6.07) is 18.0. The Balaban J connectivity index is 1.70. The molecule has 1 atom stereocenters. The molecule has 0 bridgehead atoms. The van der Waals surface area contributed by atoms with E-state index in [1.54, 1.807) is 18.4 Å². The van der Waals surface area contributed by atoms with Crippen LogP contribution < -0.4 is 4.74 Å². The first-order chi connectivity index (χ1) is 14.2. The van der Waals surface area contributed by atoms with Crippen LogP contribution in [0.2, 0.25) is 0 Å². The van der Waals surface area contributed by atoms with Crippen LogP contribution in [-0.2, 0) is 17.8 Å². The van der Waals surface area contributed by atoms with Gasteiger partial charge >= 0.3 is 0 Å². The Morgan fingerprint density at radius 1 is 1.17 bits per heavy atom. The summed E-state index contributed by atoms with van der Waals surface area (Å²) in [5.74, 6) is 0.782. The number of hydrogen-bond acceptors (Lipinski definition) is 4. The first kappa shape index (κ1) is 19.7. The summed E-state index contributed by atoms with van der Waals surface area (Å²) in [5, 5.41) is 2.13. The molecule has 0 radical (unpaired) electrons. The lowest BCUT2D eigenvalue weighted by Gasteiger charge is -2.36. The van der Waals surface area contributed by atoms with Crippen LogP contribution in [0.4, 0.5) is 0 Å². The van der Waals surface area contributed by atoms with Gasteiger partial charge in [0.05, 0.1) is 19.8 Å². The molecule has 1 amide bonds. The molecule has 5 heteroatoms. The highest BCUT2D eigenvalue weighted by atomic mass is 32.1. The third-order valence-corrected chi connectivity index (χ3v) is 6.33. The van der Waals surface area contributed by atoms with Crippen molar-refractivity contribution in [3.63, 3.8) is 0 Å². The zero-order valence-corrected chi connectivity index (χ0v) is 17.6. The van der Waals surface area contributed by atoms with Crippen LogP contribution in [-0.4, -0.2) is 31.1 Å². The topological polar surface area (TPSA) is 38.8 Å². The highest BCUT2D eigenvalue weighted by Gasteiger charge is 2.33. The number of carbonyl (C=O) groups excluding carboxylic acids is 1. The van der Waals surface area contributed by atoms with Gasteiger partial charge < -0.3 is 14.4 Å². The van der Waals surface area contributed by atoms with E-state index in [2.05, 4.69) is 23.6 Å². The SMILES string of the molecule is CCOCc1cc(C(=O)N2CCc3sccc3[C@@H]2c2ccccc2)ccc1OC. The first-order valence-corrected chi connectivity index (χ1v) is 10.8. The molecule has 1 aliphatic rings. The molecule has 0 aliphatic carbocycles. The zero-order chi connectivity index (χ0) is 20.2. The van der Waals surface area contributed by atoms with E-state index in [1.807, 2.05) is 48.2 Å². The number of thiophene rings is 1. The summed E-state index contributed by atoms with van der Waals surface area (Å²) in [4.78, 5) is 17.0. The average Bonchev–Trinajstić information content (AvgIpc) is 3.25. The standard InChI is InChI=1S/C24H25NO3S/c1-3-28-16-19-15-18(9-10-21(19)27-2)24(26)25-13-11-22-20(12-14-29-22)23(25)17-7-5-4-6-8-17/h4-10,12,14-15,23H,3,11,13,16H2,1-2H3/t23-/m0/s1. The Hall–Kier alpha value is -2.63. The number of amides is 1. The van der Waals surface area contributed by atoms with Gasteiger partial charge in [0.25, 0.3) is 5.91 Å². The van der Waals surface area contributed by atoms with Crippen molar-refractivity contribution >= 4 is 17.2 Å². The predicted octanol–water partition coefficient (Wildman–Crippen LogP) is 5.08. The van der Waals surface area contributed by atoms with Gasteiger partial charge in [0.15, 0.2) is 0 Å². The second-order valence-electron chi connectivity index (χ2n) is 7.02. The van der Waals surface area contributed by atoms with Gasteiger partial charge in [0.1, 0.15) is 5.75 Å². The number of hydrogen-bond donors (Lipinski definition) is 0. The molecule has 0 unspecified atom stereocenters. The fraction of sp³-hybridized carbons (Fsp3) is 0.292. The number of methoxy groups -OCH3 is 1. The number of rotatable bonds is 6. The second-order valence-corrected chi connectivity index (χ2v) is 8.03. The molecule has 2 aromatic carbocycles. The molecule has 3 aromatic rings. The van der Waals surface area contributed by atoms with Gasteiger partial charge in [-0.25, -0.2) is 0 Å². The lowest BCUT2D eigenvalue weighted by molar-refractivity contribution is 0.0695. The fourth-order valence-electron chi connectivity index (χ4n) is 3.93. The summed E-state index contributed by atoms with van der Waals surface area (Å²) in [7, 11) is 1.64. The van der Waals surface area contributed by atoms with E-state index in [4.69, 9.17) is 9.47 Å². The van der Waals surface area contributed by atoms with Gasteiger partial charge in [0, 0.05) is 29.2 Å². The van der Waals surface area contributed by atoms with E-state index < -0.39 is 0 Å². The molecule has 0 spiro atoms. The van der Waals surface area contributed by atoms with Crippen LogP contribution in [0.1, 0.15) is 44.9 Å². The second kappa shape index (κ2) is 8.80. The normalized spacial score (nSPS) is 15.8. The Labute approximate surface area is 175 Å². The summed E-state index contributed by atoms with van der Waals surface area (Å²) in [6.45, 7) is 3.71. The molecule has 1 aromatic heterocycles. The summed E-state index contributed by atoms with van der Waals surface area (Å²) in [5.41, 5.74) is 3.94. The highest BCUT2D eigenvalue weighted by Crippen LogP contribution is 2.38. The van der Waals surface area contributed by atoms with Gasteiger partial charge in [-0.3, -0.25) is 4.79 Å². The van der Waals surface area contributed by atoms with Crippen LogP contribution in [0.25, 0.3) is 0 Å². The highest BCUT2D eigenvalue weighted by molar-refractivity contribution is 7.10. The fourth-order valence-corrected chi connectivity index (χ4v) is 4.84. The molecule has 2 heterocycles. The molecular formula is C24H25NO3S. The van der Waals surface area contributed by atoms with E-state index >= 15 is 0 Å². The van der Waals surface area contributed by atoms with Gasteiger partial charge in [-0.2, -0.15) is 0 Å². The molecule has 1 aliphatic heterocycles. The predicted molar refractivity (Wildman–Crippen MR) is 116 cm³/mol. The molecule has 4 nitrogen and oxygen atoms in total. The Morgan fingerprint density at radius 3 is 2.76 bits per heavy atom. The molecule has 0 saturated heterocycles. The van der Waals surface area contributed by atoms with Crippen LogP contribution in [0.3, 0.4) is 0 Å². The van der Waals surface area contributed by atoms with Gasteiger partial charge in [0.2, 0.25) is 0 Å². The molecular weight excluding hydrogens is 382 g/mol. The Bertz CT molecular complexity index is 983. The van der Waals surface area contributed by atoms with E-state index in [1.165, 1.54) is 10.4 Å². The molecule has 0 saturated carbocycles. The van der Waals surface area contributed by atoms with Crippen molar-refractivity contribution in [1.82, 2.24) is 4.90 Å². The number of carbonyl (C=O) groups is 1. The van der Waals surface area contributed by atoms with E-state index in [0.29, 0.717) is 25.3 Å². The minimum absolute atomic E-state index is 0.0381. The van der Waals surface area contributed by atoms with Crippen LogP contribution in [0.5, 0.6) is 5.75 Å². The van der Waals surface area contributed by atoms with Crippen LogP contribution >= 0.6 is 11.3 Å². The van der Waals surface area contributed by atoms with Gasteiger partial charge in [-0.15, -0.1) is 11.3 Å².